The second-order valence-electron chi connectivity index (χ2n) is 4.52. The number of aryl methyl sites for hydroxylation is 2. The number of nitrogens with zero attached hydrogens (tertiary/aromatic N) is 4. The van der Waals surface area contributed by atoms with Crippen LogP contribution in [0.1, 0.15) is 43.9 Å². The average molecular weight is 358 g/mol. The molecule has 2 rings (SSSR count). The van der Waals surface area contributed by atoms with Gasteiger partial charge in [-0.05, 0) is 47.4 Å². The third-order valence-electron chi connectivity index (χ3n) is 3.28. The second-order valence-corrected chi connectivity index (χ2v) is 5.92. The number of likely N-dealkylation sites (N-methyl/N-ethyl adjacent to an activating group) is 1. The van der Waals surface area contributed by atoms with E-state index in [2.05, 4.69) is 61.4 Å². The summed E-state index contributed by atoms with van der Waals surface area (Å²) in [5.41, 5.74) is 3.35. The highest BCUT2D eigenvalue weighted by molar-refractivity contribution is 9.10. The van der Waals surface area contributed by atoms with E-state index in [-0.39, 0.29) is 6.04 Å². The van der Waals surface area contributed by atoms with Gasteiger partial charge in [0.15, 0.2) is 0 Å². The molecule has 1 N–H and O–H groups in total. The molecule has 1 atom stereocenters. The monoisotopic (exact) mass is 357 g/mol. The van der Waals surface area contributed by atoms with Gasteiger partial charge < -0.3 is 5.32 Å². The molecule has 0 saturated heterocycles. The topological polar surface area (TPSA) is 55.6 Å². The van der Waals surface area contributed by atoms with E-state index in [1.54, 1.807) is 0 Å². The van der Waals surface area contributed by atoms with Gasteiger partial charge in [0, 0.05) is 18.3 Å². The molecule has 0 spiro atoms. The van der Waals surface area contributed by atoms with Crippen LogP contribution in [0.4, 0.5) is 0 Å². The largest absolute Gasteiger partial charge is 0.308 e. The third kappa shape index (κ3) is 3.27. The number of hydrogen-bond acceptors (Lipinski definition) is 5. The highest BCUT2D eigenvalue weighted by Gasteiger charge is 2.20. The molecule has 7 heteroatoms. The van der Waals surface area contributed by atoms with Gasteiger partial charge in [-0.15, -0.1) is 5.10 Å². The van der Waals surface area contributed by atoms with Crippen LogP contribution < -0.4 is 5.32 Å². The minimum atomic E-state index is 0.182. The fourth-order valence-corrected chi connectivity index (χ4v) is 3.49. The molecular formula is C13H20BrN5S. The zero-order chi connectivity index (χ0) is 14.5. The van der Waals surface area contributed by atoms with Crippen molar-refractivity contribution >= 4 is 27.5 Å². The standard InChI is InChI=1S/C13H20BrN5S/c1-4-9-13(14)12(19(6-3)17-9)7-10(15-5-2)11-8-20-18-16-11/h8,10,15H,4-7H2,1-3H3. The molecule has 20 heavy (non-hydrogen) atoms. The van der Waals surface area contributed by atoms with E-state index < -0.39 is 0 Å². The Balaban J connectivity index is 2.28. The van der Waals surface area contributed by atoms with E-state index in [0.717, 1.165) is 41.8 Å². The summed E-state index contributed by atoms with van der Waals surface area (Å²) in [5.74, 6) is 0. The van der Waals surface area contributed by atoms with Crippen molar-refractivity contribution in [1.29, 1.82) is 0 Å². The van der Waals surface area contributed by atoms with Gasteiger partial charge in [0.05, 0.1) is 27.6 Å². The van der Waals surface area contributed by atoms with Crippen LogP contribution in [0, 0.1) is 0 Å². The van der Waals surface area contributed by atoms with Crippen molar-refractivity contribution in [3.8, 4) is 0 Å². The molecule has 0 aliphatic heterocycles. The first-order valence-electron chi connectivity index (χ1n) is 6.95. The highest BCUT2D eigenvalue weighted by Crippen LogP contribution is 2.27. The zero-order valence-corrected chi connectivity index (χ0v) is 14.5. The van der Waals surface area contributed by atoms with Gasteiger partial charge >= 0.3 is 0 Å². The number of halogens is 1. The Labute approximate surface area is 132 Å². The lowest BCUT2D eigenvalue weighted by atomic mass is 10.1. The molecule has 2 aromatic rings. The van der Waals surface area contributed by atoms with Gasteiger partial charge in [-0.3, -0.25) is 4.68 Å². The second kappa shape index (κ2) is 7.28. The van der Waals surface area contributed by atoms with E-state index >= 15 is 0 Å². The van der Waals surface area contributed by atoms with Gasteiger partial charge in [0.1, 0.15) is 0 Å². The fourth-order valence-electron chi connectivity index (χ4n) is 2.26. The summed E-state index contributed by atoms with van der Waals surface area (Å²) in [6.07, 6.45) is 1.80. The van der Waals surface area contributed by atoms with E-state index in [1.165, 1.54) is 17.2 Å². The molecule has 2 heterocycles. The summed E-state index contributed by atoms with van der Waals surface area (Å²) >= 11 is 5.09. The van der Waals surface area contributed by atoms with Crippen LogP contribution in [0.15, 0.2) is 9.85 Å². The number of aromatic nitrogens is 4. The molecule has 2 aromatic heterocycles. The van der Waals surface area contributed by atoms with E-state index in [0.29, 0.717) is 0 Å². The summed E-state index contributed by atoms with van der Waals surface area (Å²) in [6, 6.07) is 0.182. The Hall–Kier alpha value is -0.790. The summed E-state index contributed by atoms with van der Waals surface area (Å²) in [5, 5.41) is 14.3. The van der Waals surface area contributed by atoms with Crippen LogP contribution in [0.3, 0.4) is 0 Å². The Morgan fingerprint density at radius 3 is 2.75 bits per heavy atom. The van der Waals surface area contributed by atoms with Crippen LogP contribution in [-0.4, -0.2) is 25.9 Å². The minimum absolute atomic E-state index is 0.182. The first kappa shape index (κ1) is 15.6. The quantitative estimate of drug-likeness (QED) is 0.827. The molecular weight excluding hydrogens is 338 g/mol. The molecule has 0 aromatic carbocycles. The molecule has 5 nitrogen and oxygen atoms in total. The maximum Gasteiger partial charge on any atom is 0.0928 e. The van der Waals surface area contributed by atoms with Crippen molar-refractivity contribution in [1.82, 2.24) is 24.7 Å². The maximum atomic E-state index is 4.65. The Bertz CT molecular complexity index is 537. The Kier molecular flexibility index (Phi) is 5.68. The van der Waals surface area contributed by atoms with Crippen molar-refractivity contribution < 1.29 is 0 Å². The summed E-state index contributed by atoms with van der Waals surface area (Å²) in [4.78, 5) is 0. The predicted molar refractivity (Wildman–Crippen MR) is 85.0 cm³/mol. The molecule has 0 radical (unpaired) electrons. The Morgan fingerprint density at radius 1 is 1.40 bits per heavy atom. The molecule has 0 aliphatic rings. The van der Waals surface area contributed by atoms with Crippen molar-refractivity contribution in [2.24, 2.45) is 0 Å². The molecule has 0 amide bonds. The van der Waals surface area contributed by atoms with Crippen LogP contribution in [0.25, 0.3) is 0 Å². The van der Waals surface area contributed by atoms with Crippen LogP contribution in [0.2, 0.25) is 0 Å². The molecule has 1 unspecified atom stereocenters. The normalized spacial score (nSPS) is 12.8. The SMILES string of the molecule is CCNC(Cc1c(Br)c(CC)nn1CC)c1csnn1. The van der Waals surface area contributed by atoms with Gasteiger partial charge in [0.25, 0.3) is 0 Å². The van der Waals surface area contributed by atoms with Crippen LogP contribution in [0.5, 0.6) is 0 Å². The highest BCUT2D eigenvalue weighted by atomic mass is 79.9. The summed E-state index contributed by atoms with van der Waals surface area (Å²) in [6.45, 7) is 8.14. The number of hydrogen-bond donors (Lipinski definition) is 1. The lowest BCUT2D eigenvalue weighted by Gasteiger charge is -2.16. The summed E-state index contributed by atoms with van der Waals surface area (Å²) in [7, 11) is 0. The fraction of sp³-hybridized carbons (Fsp3) is 0.615. The van der Waals surface area contributed by atoms with Crippen LogP contribution in [-0.2, 0) is 19.4 Å². The molecule has 110 valence electrons. The van der Waals surface area contributed by atoms with Gasteiger partial charge in [-0.25, -0.2) is 0 Å². The van der Waals surface area contributed by atoms with Crippen molar-refractivity contribution in [3.05, 3.63) is 26.9 Å². The maximum absolute atomic E-state index is 4.65. The van der Waals surface area contributed by atoms with Crippen molar-refractivity contribution in [2.45, 2.75) is 46.2 Å². The summed E-state index contributed by atoms with van der Waals surface area (Å²) < 4.78 is 7.18. The van der Waals surface area contributed by atoms with E-state index in [9.17, 15) is 0 Å². The van der Waals surface area contributed by atoms with E-state index in [1.807, 2.05) is 5.38 Å². The third-order valence-corrected chi connectivity index (χ3v) is 4.71. The van der Waals surface area contributed by atoms with Gasteiger partial charge in [0.2, 0.25) is 0 Å². The number of nitrogens with one attached hydrogen (secondary N) is 1. The lowest BCUT2D eigenvalue weighted by molar-refractivity contribution is 0.505. The number of rotatable bonds is 7. The lowest BCUT2D eigenvalue weighted by Crippen LogP contribution is -2.24. The average Bonchev–Trinajstić information content (AvgIpc) is 3.07. The molecule has 0 bridgehead atoms. The van der Waals surface area contributed by atoms with Crippen molar-refractivity contribution in [3.63, 3.8) is 0 Å². The Morgan fingerprint density at radius 2 is 2.20 bits per heavy atom. The first-order chi connectivity index (χ1) is 9.71. The van der Waals surface area contributed by atoms with E-state index in [4.69, 9.17) is 0 Å². The van der Waals surface area contributed by atoms with Crippen LogP contribution >= 0.6 is 27.5 Å². The zero-order valence-electron chi connectivity index (χ0n) is 12.1. The molecule has 0 fully saturated rings. The minimum Gasteiger partial charge on any atom is -0.308 e. The molecule has 0 saturated carbocycles. The predicted octanol–water partition coefficient (Wildman–Crippen LogP) is 2.97. The van der Waals surface area contributed by atoms with Gasteiger partial charge in [-0.1, -0.05) is 18.3 Å². The first-order valence-corrected chi connectivity index (χ1v) is 8.58. The molecule has 0 aliphatic carbocycles. The van der Waals surface area contributed by atoms with Gasteiger partial charge in [-0.2, -0.15) is 5.10 Å². The van der Waals surface area contributed by atoms with Crippen molar-refractivity contribution in [2.75, 3.05) is 6.54 Å². The smallest absolute Gasteiger partial charge is 0.0928 e.